The van der Waals surface area contributed by atoms with E-state index in [0.717, 1.165) is 0 Å². The highest BCUT2D eigenvalue weighted by Gasteiger charge is 2.16. The Kier molecular flexibility index (Phi) is 5.23. The Morgan fingerprint density at radius 3 is 2.58 bits per heavy atom. The maximum Gasteiger partial charge on any atom is 0.341 e. The average molecular weight is 267 g/mol. The van der Waals surface area contributed by atoms with Crippen LogP contribution >= 0.6 is 0 Å². The predicted octanol–water partition coefficient (Wildman–Crippen LogP) is 0.873. The Balaban J connectivity index is 2.97. The van der Waals surface area contributed by atoms with Crippen molar-refractivity contribution in [1.29, 1.82) is 0 Å². The minimum absolute atomic E-state index is 0.186. The molecule has 1 aromatic heterocycles. The first-order chi connectivity index (χ1) is 8.99. The number of aromatic nitrogens is 2. The molecule has 1 rings (SSSR count). The van der Waals surface area contributed by atoms with Gasteiger partial charge < -0.3 is 14.7 Å². The number of likely N-dealkylation sites (N-methyl/N-ethyl adjacent to an activating group) is 1. The van der Waals surface area contributed by atoms with Gasteiger partial charge in [0.15, 0.2) is 0 Å². The normalized spacial score (nSPS) is 10.1. The first-order valence-electron chi connectivity index (χ1n) is 5.97. The third-order valence-corrected chi connectivity index (χ3v) is 2.45. The van der Waals surface area contributed by atoms with Crippen LogP contribution in [0.3, 0.4) is 0 Å². The van der Waals surface area contributed by atoms with Crippen molar-refractivity contribution in [1.82, 2.24) is 9.97 Å². The molecule has 0 saturated carbocycles. The van der Waals surface area contributed by atoms with Crippen molar-refractivity contribution < 1.29 is 19.4 Å². The van der Waals surface area contributed by atoms with Crippen molar-refractivity contribution >= 4 is 17.9 Å². The highest BCUT2D eigenvalue weighted by molar-refractivity contribution is 5.90. The molecule has 1 N–H and O–H groups in total. The van der Waals surface area contributed by atoms with Crippen LogP contribution in [0.25, 0.3) is 0 Å². The van der Waals surface area contributed by atoms with Crippen molar-refractivity contribution in [2.24, 2.45) is 0 Å². The molecule has 0 amide bonds. The number of carboxylic acids is 1. The van der Waals surface area contributed by atoms with Gasteiger partial charge in [-0.2, -0.15) is 0 Å². The molecule has 0 bridgehead atoms. The second kappa shape index (κ2) is 6.67. The van der Waals surface area contributed by atoms with Gasteiger partial charge in [0.2, 0.25) is 5.95 Å². The second-order valence-electron chi connectivity index (χ2n) is 3.80. The first-order valence-corrected chi connectivity index (χ1v) is 5.97. The molecule has 0 unspecified atom stereocenters. The molecule has 0 aliphatic carbocycles. The minimum atomic E-state index is -0.961. The van der Waals surface area contributed by atoms with Gasteiger partial charge >= 0.3 is 11.9 Å². The summed E-state index contributed by atoms with van der Waals surface area (Å²) >= 11 is 0. The van der Waals surface area contributed by atoms with Crippen molar-refractivity contribution in [3.63, 3.8) is 0 Å². The van der Waals surface area contributed by atoms with Gasteiger partial charge in [0.05, 0.1) is 17.9 Å². The number of hydrogen-bond donors (Lipinski definition) is 1. The number of carbonyl (C=O) groups excluding carboxylic acids is 1. The lowest BCUT2D eigenvalue weighted by atomic mass is 10.2. The molecule has 0 fully saturated rings. The van der Waals surface area contributed by atoms with E-state index in [9.17, 15) is 9.59 Å². The maximum absolute atomic E-state index is 11.6. The summed E-state index contributed by atoms with van der Waals surface area (Å²) in [5.74, 6) is -1.15. The zero-order valence-corrected chi connectivity index (χ0v) is 11.2. The molecule has 1 aromatic rings. The number of ether oxygens (including phenoxy) is 1. The molecule has 0 spiro atoms. The van der Waals surface area contributed by atoms with Gasteiger partial charge in [-0.3, -0.25) is 4.79 Å². The number of aliphatic carboxylic acids is 1. The highest BCUT2D eigenvalue weighted by atomic mass is 16.5. The molecule has 7 nitrogen and oxygen atoms in total. The second-order valence-corrected chi connectivity index (χ2v) is 3.80. The number of carbonyl (C=O) groups is 2. The third-order valence-electron chi connectivity index (χ3n) is 2.45. The molecule has 1 heterocycles. The molecule has 0 radical (unpaired) electrons. The van der Waals surface area contributed by atoms with Crippen LogP contribution < -0.4 is 4.90 Å². The minimum Gasteiger partial charge on any atom is -0.480 e. The summed E-state index contributed by atoms with van der Waals surface area (Å²) < 4.78 is 4.87. The summed E-state index contributed by atoms with van der Waals surface area (Å²) in [4.78, 5) is 32.0. The Bertz CT molecular complexity index is 476. The topological polar surface area (TPSA) is 92.6 Å². The smallest absolute Gasteiger partial charge is 0.341 e. The van der Waals surface area contributed by atoms with E-state index in [-0.39, 0.29) is 24.7 Å². The molecule has 104 valence electrons. The van der Waals surface area contributed by atoms with E-state index in [2.05, 4.69) is 9.97 Å². The van der Waals surface area contributed by atoms with Crippen molar-refractivity contribution in [2.75, 3.05) is 24.6 Å². The van der Waals surface area contributed by atoms with Crippen molar-refractivity contribution in [3.8, 4) is 0 Å². The fourth-order valence-corrected chi connectivity index (χ4v) is 1.50. The van der Waals surface area contributed by atoms with Crippen LogP contribution in [0.5, 0.6) is 0 Å². The van der Waals surface area contributed by atoms with Crippen LogP contribution in [0.1, 0.15) is 29.9 Å². The Labute approximate surface area is 111 Å². The molecule has 19 heavy (non-hydrogen) atoms. The van der Waals surface area contributed by atoms with Crippen LogP contribution in [-0.4, -0.2) is 46.7 Å². The third kappa shape index (κ3) is 3.90. The Morgan fingerprint density at radius 2 is 2.11 bits per heavy atom. The number of hydrogen-bond acceptors (Lipinski definition) is 6. The van der Waals surface area contributed by atoms with Crippen LogP contribution in [0.2, 0.25) is 0 Å². The van der Waals surface area contributed by atoms with E-state index >= 15 is 0 Å². The van der Waals surface area contributed by atoms with Gasteiger partial charge in [-0.25, -0.2) is 14.8 Å². The highest BCUT2D eigenvalue weighted by Crippen LogP contribution is 2.12. The zero-order chi connectivity index (χ0) is 14.4. The summed E-state index contributed by atoms with van der Waals surface area (Å²) in [5.41, 5.74) is 0.754. The quantitative estimate of drug-likeness (QED) is 0.764. The van der Waals surface area contributed by atoms with E-state index in [1.165, 1.54) is 11.1 Å². The van der Waals surface area contributed by atoms with Gasteiger partial charge in [-0.15, -0.1) is 0 Å². The summed E-state index contributed by atoms with van der Waals surface area (Å²) in [6.45, 7) is 5.74. The number of aryl methyl sites for hydroxylation is 1. The van der Waals surface area contributed by atoms with Gasteiger partial charge in [0.1, 0.15) is 6.54 Å². The number of anilines is 1. The van der Waals surface area contributed by atoms with E-state index in [0.29, 0.717) is 12.2 Å². The number of carboxylic acid groups (broad SMARTS) is 1. The molecular weight excluding hydrogens is 250 g/mol. The Hall–Kier alpha value is -2.18. The number of rotatable bonds is 6. The van der Waals surface area contributed by atoms with Crippen molar-refractivity contribution in [2.45, 2.75) is 20.8 Å². The SMILES string of the molecule is CCOC(=O)c1cnc(N(CC)CC(=O)O)nc1C. The lowest BCUT2D eigenvalue weighted by Gasteiger charge is -2.18. The standard InChI is InChI=1S/C12H17N3O4/c1-4-15(7-10(16)17)12-13-6-9(8(3)14-12)11(18)19-5-2/h6H,4-5,7H2,1-3H3,(H,16,17). The largest absolute Gasteiger partial charge is 0.480 e. The van der Waals surface area contributed by atoms with Crippen LogP contribution in [-0.2, 0) is 9.53 Å². The lowest BCUT2D eigenvalue weighted by molar-refractivity contribution is -0.135. The number of nitrogens with zero attached hydrogens (tertiary/aromatic N) is 3. The zero-order valence-electron chi connectivity index (χ0n) is 11.2. The fourth-order valence-electron chi connectivity index (χ4n) is 1.50. The number of esters is 1. The summed E-state index contributed by atoms with van der Waals surface area (Å²) in [6, 6.07) is 0. The predicted molar refractivity (Wildman–Crippen MR) is 68.2 cm³/mol. The first kappa shape index (κ1) is 14.9. The van der Waals surface area contributed by atoms with E-state index in [1.54, 1.807) is 20.8 Å². The molecule has 7 heteroatoms. The van der Waals surface area contributed by atoms with Gasteiger partial charge in [0, 0.05) is 12.7 Å². The fraction of sp³-hybridized carbons (Fsp3) is 0.500. The van der Waals surface area contributed by atoms with Crippen LogP contribution in [0, 0.1) is 6.92 Å². The Morgan fingerprint density at radius 1 is 1.42 bits per heavy atom. The molecule has 0 atom stereocenters. The van der Waals surface area contributed by atoms with E-state index in [1.807, 2.05) is 0 Å². The molecule has 0 aromatic carbocycles. The molecule has 0 aliphatic heterocycles. The summed E-state index contributed by atoms with van der Waals surface area (Å²) in [6.07, 6.45) is 1.36. The van der Waals surface area contributed by atoms with Gasteiger partial charge in [-0.1, -0.05) is 0 Å². The lowest BCUT2D eigenvalue weighted by Crippen LogP contribution is -2.31. The van der Waals surface area contributed by atoms with E-state index in [4.69, 9.17) is 9.84 Å². The van der Waals surface area contributed by atoms with Crippen molar-refractivity contribution in [3.05, 3.63) is 17.5 Å². The monoisotopic (exact) mass is 267 g/mol. The molecular formula is C12H17N3O4. The van der Waals surface area contributed by atoms with Crippen LogP contribution in [0.4, 0.5) is 5.95 Å². The molecule has 0 aliphatic rings. The molecule has 0 saturated heterocycles. The van der Waals surface area contributed by atoms with Gasteiger partial charge in [0.25, 0.3) is 0 Å². The van der Waals surface area contributed by atoms with Gasteiger partial charge in [-0.05, 0) is 20.8 Å². The summed E-state index contributed by atoms with van der Waals surface area (Å²) in [5, 5.41) is 8.79. The van der Waals surface area contributed by atoms with E-state index < -0.39 is 11.9 Å². The van der Waals surface area contributed by atoms with Crippen LogP contribution in [0.15, 0.2) is 6.20 Å². The average Bonchev–Trinajstić information content (AvgIpc) is 2.35. The maximum atomic E-state index is 11.6. The summed E-state index contributed by atoms with van der Waals surface area (Å²) in [7, 11) is 0.